The zero-order chi connectivity index (χ0) is 10.3. The van der Waals surface area contributed by atoms with E-state index in [-0.39, 0.29) is 0 Å². The summed E-state index contributed by atoms with van der Waals surface area (Å²) in [6.45, 7) is 8.92. The van der Waals surface area contributed by atoms with Crippen LogP contribution in [0.2, 0.25) is 0 Å². The molecule has 1 aromatic heterocycles. The summed E-state index contributed by atoms with van der Waals surface area (Å²) in [5.74, 6) is 0. The smallest absolute Gasteiger partial charge is 0.0351 e. The Kier molecular flexibility index (Phi) is 2.36. The maximum atomic E-state index is 2.26. The summed E-state index contributed by atoms with van der Waals surface area (Å²) in [5, 5.41) is 1.49. The van der Waals surface area contributed by atoms with Crippen LogP contribution in [-0.4, -0.2) is 0 Å². The van der Waals surface area contributed by atoms with Crippen molar-refractivity contribution in [2.75, 3.05) is 0 Å². The number of rotatable bonds is 1. The molecule has 0 fully saturated rings. The second-order valence-corrected chi connectivity index (χ2v) is 5.02. The zero-order valence-corrected chi connectivity index (χ0v) is 10.1. The highest BCUT2D eigenvalue weighted by Gasteiger charge is 2.09. The summed E-state index contributed by atoms with van der Waals surface area (Å²) in [4.78, 5) is 1.54. The Morgan fingerprint density at radius 1 is 1.07 bits per heavy atom. The lowest BCUT2D eigenvalue weighted by Crippen LogP contribution is -1.83. The van der Waals surface area contributed by atoms with Crippen molar-refractivity contribution in [3.8, 4) is 0 Å². The highest BCUT2D eigenvalue weighted by molar-refractivity contribution is 7.19. The third-order valence-electron chi connectivity index (χ3n) is 3.05. The Labute approximate surface area is 89.6 Å². The van der Waals surface area contributed by atoms with Gasteiger partial charge in [-0.1, -0.05) is 13.0 Å². The molecule has 14 heavy (non-hydrogen) atoms. The minimum absolute atomic E-state index is 1.16. The highest BCUT2D eigenvalue weighted by Crippen LogP contribution is 2.34. The van der Waals surface area contributed by atoms with Crippen molar-refractivity contribution in [2.24, 2.45) is 0 Å². The summed E-state index contributed by atoms with van der Waals surface area (Å²) in [6.07, 6.45) is 1.16. The first kappa shape index (κ1) is 9.72. The second kappa shape index (κ2) is 3.39. The van der Waals surface area contributed by atoms with E-state index in [1.165, 1.54) is 31.7 Å². The van der Waals surface area contributed by atoms with Gasteiger partial charge in [0.15, 0.2) is 0 Å². The van der Waals surface area contributed by atoms with Crippen LogP contribution in [0, 0.1) is 20.8 Å². The van der Waals surface area contributed by atoms with E-state index in [1.807, 2.05) is 11.3 Å². The third kappa shape index (κ3) is 1.27. The Morgan fingerprint density at radius 3 is 2.43 bits per heavy atom. The van der Waals surface area contributed by atoms with Crippen LogP contribution in [0.5, 0.6) is 0 Å². The molecule has 0 nitrogen and oxygen atoms in total. The normalized spacial score (nSPS) is 11.1. The maximum Gasteiger partial charge on any atom is 0.0351 e. The molecule has 0 bridgehead atoms. The topological polar surface area (TPSA) is 0 Å². The van der Waals surface area contributed by atoms with E-state index in [1.54, 1.807) is 0 Å². The molecule has 0 aliphatic carbocycles. The molecule has 0 N–H and O–H groups in total. The van der Waals surface area contributed by atoms with E-state index in [4.69, 9.17) is 0 Å². The molecular formula is C13H16S. The standard InChI is InChI=1S/C13H16S/c1-5-11-10(4)13-9(3)8(2)6-7-12(13)14-11/h6-7H,5H2,1-4H3. The molecule has 2 aromatic rings. The summed E-state index contributed by atoms with van der Waals surface area (Å²) in [7, 11) is 0. The van der Waals surface area contributed by atoms with Gasteiger partial charge in [0.25, 0.3) is 0 Å². The van der Waals surface area contributed by atoms with Gasteiger partial charge in [-0.05, 0) is 55.3 Å². The monoisotopic (exact) mass is 204 g/mol. The fourth-order valence-corrected chi connectivity index (χ4v) is 3.24. The average Bonchev–Trinajstić information content (AvgIpc) is 2.50. The number of thiophene rings is 1. The fraction of sp³-hybridized carbons (Fsp3) is 0.385. The fourth-order valence-electron chi connectivity index (χ4n) is 2.03. The summed E-state index contributed by atoms with van der Waals surface area (Å²) >= 11 is 1.95. The van der Waals surface area contributed by atoms with Gasteiger partial charge >= 0.3 is 0 Å². The Hall–Kier alpha value is -0.820. The Balaban J connectivity index is 2.87. The summed E-state index contributed by atoms with van der Waals surface area (Å²) < 4.78 is 1.45. The molecular weight excluding hydrogens is 188 g/mol. The predicted molar refractivity (Wildman–Crippen MR) is 65.4 cm³/mol. The van der Waals surface area contributed by atoms with Gasteiger partial charge in [-0.2, -0.15) is 0 Å². The first-order valence-electron chi connectivity index (χ1n) is 5.13. The van der Waals surface area contributed by atoms with Gasteiger partial charge in [-0.25, -0.2) is 0 Å². The Morgan fingerprint density at radius 2 is 1.79 bits per heavy atom. The molecule has 0 atom stereocenters. The molecule has 1 aromatic carbocycles. The summed E-state index contributed by atoms with van der Waals surface area (Å²) in [5.41, 5.74) is 4.35. The Bertz CT molecular complexity index is 477. The van der Waals surface area contributed by atoms with Crippen molar-refractivity contribution >= 4 is 21.4 Å². The van der Waals surface area contributed by atoms with Crippen molar-refractivity contribution in [1.29, 1.82) is 0 Å². The lowest BCUT2D eigenvalue weighted by Gasteiger charge is -2.02. The van der Waals surface area contributed by atoms with Crippen molar-refractivity contribution in [2.45, 2.75) is 34.1 Å². The van der Waals surface area contributed by atoms with Crippen molar-refractivity contribution in [3.63, 3.8) is 0 Å². The van der Waals surface area contributed by atoms with Crippen LogP contribution in [0.25, 0.3) is 10.1 Å². The van der Waals surface area contributed by atoms with Gasteiger partial charge in [0, 0.05) is 9.58 Å². The van der Waals surface area contributed by atoms with Crippen molar-refractivity contribution in [3.05, 3.63) is 33.7 Å². The number of aryl methyl sites for hydroxylation is 4. The zero-order valence-electron chi connectivity index (χ0n) is 9.27. The van der Waals surface area contributed by atoms with Crippen LogP contribution in [0.4, 0.5) is 0 Å². The van der Waals surface area contributed by atoms with Crippen LogP contribution in [-0.2, 0) is 6.42 Å². The molecule has 0 saturated heterocycles. The molecule has 1 heterocycles. The van der Waals surface area contributed by atoms with E-state index in [0.29, 0.717) is 0 Å². The minimum atomic E-state index is 1.16. The lowest BCUT2D eigenvalue weighted by atomic mass is 10.0. The first-order chi connectivity index (χ1) is 6.65. The van der Waals surface area contributed by atoms with E-state index in [9.17, 15) is 0 Å². The molecule has 0 aliphatic heterocycles. The highest BCUT2D eigenvalue weighted by atomic mass is 32.1. The van der Waals surface area contributed by atoms with Gasteiger partial charge in [0.05, 0.1) is 0 Å². The molecule has 0 saturated carbocycles. The van der Waals surface area contributed by atoms with E-state index >= 15 is 0 Å². The summed E-state index contributed by atoms with van der Waals surface area (Å²) in [6, 6.07) is 4.49. The average molecular weight is 204 g/mol. The van der Waals surface area contributed by atoms with Gasteiger partial charge in [0.2, 0.25) is 0 Å². The van der Waals surface area contributed by atoms with Crippen LogP contribution in [0.15, 0.2) is 12.1 Å². The molecule has 74 valence electrons. The predicted octanol–water partition coefficient (Wildman–Crippen LogP) is 4.39. The number of hydrogen-bond donors (Lipinski definition) is 0. The van der Waals surface area contributed by atoms with Gasteiger partial charge in [-0.3, -0.25) is 0 Å². The van der Waals surface area contributed by atoms with Crippen molar-refractivity contribution in [1.82, 2.24) is 0 Å². The number of hydrogen-bond acceptors (Lipinski definition) is 1. The van der Waals surface area contributed by atoms with Gasteiger partial charge in [0.1, 0.15) is 0 Å². The molecule has 2 rings (SSSR count). The lowest BCUT2D eigenvalue weighted by molar-refractivity contribution is 1.16. The molecule has 0 spiro atoms. The molecule has 0 unspecified atom stereocenters. The van der Waals surface area contributed by atoms with E-state index < -0.39 is 0 Å². The maximum absolute atomic E-state index is 2.26. The molecule has 0 amide bonds. The molecule has 0 radical (unpaired) electrons. The first-order valence-corrected chi connectivity index (χ1v) is 5.95. The second-order valence-electron chi connectivity index (χ2n) is 3.88. The van der Waals surface area contributed by atoms with Crippen LogP contribution in [0.1, 0.15) is 28.5 Å². The van der Waals surface area contributed by atoms with Crippen molar-refractivity contribution < 1.29 is 0 Å². The minimum Gasteiger partial charge on any atom is -0.140 e. The molecule has 0 aliphatic rings. The quantitative estimate of drug-likeness (QED) is 0.646. The van der Waals surface area contributed by atoms with Crippen LogP contribution >= 0.6 is 11.3 Å². The SMILES string of the molecule is CCc1sc2ccc(C)c(C)c2c1C. The van der Waals surface area contributed by atoms with Gasteiger partial charge < -0.3 is 0 Å². The third-order valence-corrected chi connectivity index (χ3v) is 4.45. The molecule has 1 heteroatoms. The van der Waals surface area contributed by atoms with Gasteiger partial charge in [-0.15, -0.1) is 11.3 Å². The van der Waals surface area contributed by atoms with Crippen LogP contribution < -0.4 is 0 Å². The van der Waals surface area contributed by atoms with E-state index in [0.717, 1.165) is 6.42 Å². The number of benzene rings is 1. The van der Waals surface area contributed by atoms with Crippen LogP contribution in [0.3, 0.4) is 0 Å². The van der Waals surface area contributed by atoms with E-state index in [2.05, 4.69) is 39.8 Å². The largest absolute Gasteiger partial charge is 0.140 e. The number of fused-ring (bicyclic) bond motifs is 1.